The van der Waals surface area contributed by atoms with E-state index in [4.69, 9.17) is 40.0 Å². The molecule has 12 rings (SSSR count). The molecule has 0 aliphatic carbocycles. The van der Waals surface area contributed by atoms with E-state index < -0.39 is 7.12 Å². The van der Waals surface area contributed by atoms with E-state index in [1.165, 1.54) is 38.9 Å². The van der Waals surface area contributed by atoms with Gasteiger partial charge in [0.1, 0.15) is 0 Å². The van der Waals surface area contributed by atoms with Crippen LogP contribution in [-0.4, -0.2) is 47.1 Å². The van der Waals surface area contributed by atoms with Gasteiger partial charge in [0, 0.05) is 46.8 Å². The Bertz CT molecular complexity index is 4040. The number of halogens is 3. The molecule has 2 aromatic heterocycles. The summed E-state index contributed by atoms with van der Waals surface area (Å²) in [4.78, 5) is 29.3. The second-order valence-corrected chi connectivity index (χ2v) is 30.3. The predicted molar refractivity (Wildman–Crippen MR) is 403 cm³/mol. The Balaban J connectivity index is 0.000000197. The average molecular weight is 1430 g/mol. The van der Waals surface area contributed by atoms with Gasteiger partial charge in [-0.2, -0.15) is 0 Å². The van der Waals surface area contributed by atoms with Gasteiger partial charge in [-0.1, -0.05) is 337 Å². The molecule has 0 aliphatic rings. The summed E-state index contributed by atoms with van der Waals surface area (Å²) in [5, 5.41) is 17.7. The average Bonchev–Trinajstić information content (AvgIpc) is 0.991. The molecule has 10 aromatic carbocycles. The van der Waals surface area contributed by atoms with Crippen LogP contribution in [0.3, 0.4) is 0 Å². The van der Waals surface area contributed by atoms with Crippen molar-refractivity contribution in [2.45, 2.75) is 105 Å². The van der Waals surface area contributed by atoms with Crippen LogP contribution in [0, 0.1) is 0 Å². The zero-order valence-electron chi connectivity index (χ0n) is 55.4. The molecular weight excluding hydrogens is 1350 g/mol. The normalized spacial score (nSPS) is 11.7. The zero-order valence-corrected chi connectivity index (χ0v) is 60.1. The molecule has 0 atom stereocenters. The van der Waals surface area contributed by atoms with Crippen molar-refractivity contribution in [2.24, 2.45) is 0 Å². The number of benzene rings is 10. The standard InChI is InChI=1S/C51H51N3.C21H12Br3N3.C10H15BO2/c1-49(2,3)43-28-22-37(23-29-43)34-10-16-40(17-11-34)46-52-47(41-18-12-35(13-19-41)38-24-30-44(31-25-38)50(4,5)6)54-48(53-46)42-20-14-36(15-21-42)39-26-32-45(33-27-39)51(7,8)9;22-16-7-1-13(2-8-16)19-25-20(14-3-9-17(23)10-4-14)27-21(26-19)15-5-11-18(24)12-6-15;1-10(2,3)8-4-6-9(7-5-8)11(12)13/h10-33H,1-9H3;1-12H;4-7,12-13H,1-3H3. The summed E-state index contributed by atoms with van der Waals surface area (Å²) in [5.41, 5.74) is 18.9. The highest BCUT2D eigenvalue weighted by Gasteiger charge is 2.20. The lowest BCUT2D eigenvalue weighted by atomic mass is 9.78. The molecule has 2 heterocycles. The third kappa shape index (κ3) is 17.7. The lowest BCUT2D eigenvalue weighted by molar-refractivity contribution is 0.425. The first-order chi connectivity index (χ1) is 44.6. The third-order valence-electron chi connectivity index (χ3n) is 16.3. The van der Waals surface area contributed by atoms with Crippen molar-refractivity contribution in [1.82, 2.24) is 29.9 Å². The minimum absolute atomic E-state index is 0.110. The molecule has 0 saturated heterocycles. The van der Waals surface area contributed by atoms with Crippen molar-refractivity contribution in [3.63, 3.8) is 0 Å². The summed E-state index contributed by atoms with van der Waals surface area (Å²) in [6.45, 7) is 26.6. The fourth-order valence-corrected chi connectivity index (χ4v) is 11.2. The largest absolute Gasteiger partial charge is 0.488 e. The van der Waals surface area contributed by atoms with Gasteiger partial charge in [-0.25, -0.2) is 29.9 Å². The Labute approximate surface area is 580 Å². The van der Waals surface area contributed by atoms with E-state index in [-0.39, 0.29) is 21.7 Å². The van der Waals surface area contributed by atoms with Crippen molar-refractivity contribution in [1.29, 1.82) is 0 Å². The first-order valence-electron chi connectivity index (χ1n) is 31.5. The minimum atomic E-state index is -1.37. The molecule has 0 spiro atoms. The SMILES string of the molecule is Brc1ccc(-c2nc(-c3ccc(Br)cc3)nc(-c3ccc(Br)cc3)n2)cc1.CC(C)(C)c1ccc(-c2ccc(-c3nc(-c4ccc(-c5ccc(C(C)(C)C)cc5)cc4)nc(-c4ccc(-c5ccc(C(C)(C)C)cc5)cc4)n3)cc2)cc1.CC(C)(C)c1ccc(B(O)O)cc1. The quantitative estimate of drug-likeness (QED) is 0.130. The monoisotopic (exact) mass is 1430 g/mol. The molecule has 0 unspecified atom stereocenters. The molecule has 12 aromatic rings. The second-order valence-electron chi connectivity index (χ2n) is 27.6. The van der Waals surface area contributed by atoms with Gasteiger partial charge in [-0.05, 0) is 119 Å². The van der Waals surface area contributed by atoms with Crippen LogP contribution in [0.1, 0.15) is 105 Å². The van der Waals surface area contributed by atoms with E-state index in [9.17, 15) is 0 Å². The lowest BCUT2D eigenvalue weighted by Crippen LogP contribution is -2.29. The van der Waals surface area contributed by atoms with Crippen molar-refractivity contribution < 1.29 is 10.0 Å². The van der Waals surface area contributed by atoms with Gasteiger partial charge in [0.05, 0.1) is 0 Å². The summed E-state index contributed by atoms with van der Waals surface area (Å²) in [7, 11) is -1.37. The van der Waals surface area contributed by atoms with Crippen LogP contribution in [0.25, 0.3) is 102 Å². The predicted octanol–water partition coefficient (Wildman–Crippen LogP) is 21.6. The van der Waals surface area contributed by atoms with Crippen LogP contribution in [-0.2, 0) is 21.7 Å². The summed E-state index contributed by atoms with van der Waals surface area (Å²) >= 11 is 10.4. The molecule has 94 heavy (non-hydrogen) atoms. The van der Waals surface area contributed by atoms with Gasteiger partial charge in [0.2, 0.25) is 0 Å². The highest BCUT2D eigenvalue weighted by Crippen LogP contribution is 2.35. The van der Waals surface area contributed by atoms with Crippen LogP contribution in [0.15, 0.2) is 256 Å². The van der Waals surface area contributed by atoms with Gasteiger partial charge in [0.15, 0.2) is 34.9 Å². The maximum absolute atomic E-state index is 8.87. The fourth-order valence-electron chi connectivity index (χ4n) is 10.4. The number of nitrogens with zero attached hydrogens (tertiary/aromatic N) is 6. The van der Waals surface area contributed by atoms with E-state index in [1.807, 2.05) is 84.9 Å². The van der Waals surface area contributed by atoms with Crippen molar-refractivity contribution in [2.75, 3.05) is 0 Å². The molecule has 0 bridgehead atoms. The van der Waals surface area contributed by atoms with E-state index in [0.717, 1.165) is 63.5 Å². The molecular formula is C82H78BBr3N6O2. The van der Waals surface area contributed by atoms with Crippen LogP contribution >= 0.6 is 47.8 Å². The smallest absolute Gasteiger partial charge is 0.423 e. The maximum Gasteiger partial charge on any atom is 0.488 e. The van der Waals surface area contributed by atoms with Crippen molar-refractivity contribution >= 4 is 60.4 Å². The summed E-state index contributed by atoms with van der Waals surface area (Å²) in [6.07, 6.45) is 0. The molecule has 0 amide bonds. The van der Waals surface area contributed by atoms with E-state index in [2.05, 4.69) is 276 Å². The summed E-state index contributed by atoms with van der Waals surface area (Å²) in [6, 6.07) is 83.5. The molecule has 0 aliphatic heterocycles. The van der Waals surface area contributed by atoms with Gasteiger partial charge < -0.3 is 10.0 Å². The Kier molecular flexibility index (Phi) is 21.2. The first kappa shape index (κ1) is 68.5. The molecule has 0 saturated carbocycles. The Hall–Kier alpha value is -8.36. The third-order valence-corrected chi connectivity index (χ3v) is 17.9. The first-order valence-corrected chi connectivity index (χ1v) is 33.9. The van der Waals surface area contributed by atoms with Gasteiger partial charge in [0.25, 0.3) is 0 Å². The van der Waals surface area contributed by atoms with Crippen molar-refractivity contribution in [3.05, 3.63) is 278 Å². The molecule has 472 valence electrons. The Morgan fingerprint density at radius 2 is 0.351 bits per heavy atom. The van der Waals surface area contributed by atoms with Gasteiger partial charge in [-0.15, -0.1) is 0 Å². The highest BCUT2D eigenvalue weighted by molar-refractivity contribution is 9.11. The fraction of sp³-hybridized carbons (Fsp3) is 0.195. The van der Waals surface area contributed by atoms with Gasteiger partial charge in [-0.3, -0.25) is 0 Å². The summed E-state index contributed by atoms with van der Waals surface area (Å²) in [5.74, 6) is 3.88. The lowest BCUT2D eigenvalue weighted by Gasteiger charge is -2.19. The number of hydrogen-bond donors (Lipinski definition) is 2. The topological polar surface area (TPSA) is 118 Å². The minimum Gasteiger partial charge on any atom is -0.423 e. The van der Waals surface area contributed by atoms with E-state index >= 15 is 0 Å². The van der Waals surface area contributed by atoms with E-state index in [0.29, 0.717) is 40.4 Å². The van der Waals surface area contributed by atoms with Crippen LogP contribution in [0.2, 0.25) is 0 Å². The summed E-state index contributed by atoms with van der Waals surface area (Å²) < 4.78 is 3.05. The maximum atomic E-state index is 8.87. The Morgan fingerprint density at radius 3 is 0.511 bits per heavy atom. The molecule has 2 N–H and O–H groups in total. The second kappa shape index (κ2) is 29.1. The van der Waals surface area contributed by atoms with Crippen molar-refractivity contribution in [3.8, 4) is 102 Å². The van der Waals surface area contributed by atoms with E-state index in [1.54, 1.807) is 12.1 Å². The van der Waals surface area contributed by atoms with Crippen LogP contribution in [0.4, 0.5) is 0 Å². The highest BCUT2D eigenvalue weighted by atomic mass is 79.9. The molecule has 0 radical (unpaired) electrons. The van der Waals surface area contributed by atoms with Gasteiger partial charge >= 0.3 is 7.12 Å². The van der Waals surface area contributed by atoms with Crippen LogP contribution in [0.5, 0.6) is 0 Å². The zero-order chi connectivity index (χ0) is 67.1. The molecule has 12 heteroatoms. The number of aromatic nitrogens is 6. The van der Waals surface area contributed by atoms with Crippen LogP contribution < -0.4 is 5.46 Å². The molecule has 0 fully saturated rings. The Morgan fingerprint density at radius 1 is 0.213 bits per heavy atom. The molecule has 8 nitrogen and oxygen atoms in total. The number of rotatable bonds is 10. The number of hydrogen-bond acceptors (Lipinski definition) is 8.